The van der Waals surface area contributed by atoms with Crippen LogP contribution in [0.3, 0.4) is 0 Å². The van der Waals surface area contributed by atoms with Crippen LogP contribution in [0.2, 0.25) is 0 Å². The summed E-state index contributed by atoms with van der Waals surface area (Å²) in [6.45, 7) is 3.08. The topological polar surface area (TPSA) is 26.3 Å². The third-order valence-electron chi connectivity index (χ3n) is 4.78. The highest BCUT2D eigenvalue weighted by molar-refractivity contribution is 5.72. The van der Waals surface area contributed by atoms with Crippen molar-refractivity contribution in [2.75, 3.05) is 6.61 Å². The Balaban J connectivity index is 1.90. The van der Waals surface area contributed by atoms with E-state index in [1.807, 2.05) is 0 Å². The van der Waals surface area contributed by atoms with Gasteiger partial charge >= 0.3 is 5.97 Å². The van der Waals surface area contributed by atoms with Crippen LogP contribution >= 0.6 is 0 Å². The van der Waals surface area contributed by atoms with Crippen LogP contribution in [0.1, 0.15) is 39.0 Å². The van der Waals surface area contributed by atoms with Gasteiger partial charge in [-0.3, -0.25) is 4.79 Å². The van der Waals surface area contributed by atoms with Gasteiger partial charge in [0.1, 0.15) is 0 Å². The number of ether oxygens (including phenoxy) is 1. The molecule has 4 rings (SSSR count). The van der Waals surface area contributed by atoms with Gasteiger partial charge in [0.25, 0.3) is 0 Å². The maximum atomic E-state index is 11.3. The molecule has 0 amide bonds. The molecule has 0 N–H and O–H groups in total. The zero-order valence-corrected chi connectivity index (χ0v) is 8.79. The van der Waals surface area contributed by atoms with E-state index in [1.165, 1.54) is 25.7 Å². The van der Waals surface area contributed by atoms with Crippen molar-refractivity contribution in [3.63, 3.8) is 0 Å². The average molecular weight is 194 g/mol. The van der Waals surface area contributed by atoms with Gasteiger partial charge in [0, 0.05) is 5.41 Å². The molecular formula is C12H18O2. The predicted molar refractivity (Wildman–Crippen MR) is 52.6 cm³/mol. The number of hydrogen-bond donors (Lipinski definition) is 0. The minimum Gasteiger partial charge on any atom is -0.465 e. The molecule has 3 aliphatic carbocycles. The molecule has 4 aliphatic rings. The number of fused-ring (bicyclic) bond motifs is 2. The van der Waals surface area contributed by atoms with Gasteiger partial charge in [-0.25, -0.2) is 0 Å². The van der Waals surface area contributed by atoms with Gasteiger partial charge in [0.15, 0.2) is 0 Å². The first-order chi connectivity index (χ1) is 6.70. The SMILES string of the molecule is C[C@H]1CC2CCC1C1(COC(=O)C1)C2. The molecule has 0 aromatic rings. The predicted octanol–water partition coefficient (Wildman–Crippen LogP) is 2.38. The summed E-state index contributed by atoms with van der Waals surface area (Å²) >= 11 is 0. The van der Waals surface area contributed by atoms with Crippen molar-refractivity contribution >= 4 is 5.97 Å². The van der Waals surface area contributed by atoms with Gasteiger partial charge < -0.3 is 4.74 Å². The number of carbonyl (C=O) groups excluding carboxylic acids is 1. The molecule has 3 unspecified atom stereocenters. The lowest BCUT2D eigenvalue weighted by Gasteiger charge is -2.52. The molecule has 78 valence electrons. The third kappa shape index (κ3) is 1.06. The highest BCUT2D eigenvalue weighted by atomic mass is 16.5. The first-order valence-corrected chi connectivity index (χ1v) is 5.85. The number of carbonyl (C=O) groups is 1. The fourth-order valence-electron chi connectivity index (χ4n) is 4.31. The Morgan fingerprint density at radius 2 is 2.29 bits per heavy atom. The first-order valence-electron chi connectivity index (χ1n) is 5.85. The van der Waals surface area contributed by atoms with E-state index in [9.17, 15) is 4.79 Å². The van der Waals surface area contributed by atoms with Crippen molar-refractivity contribution in [1.29, 1.82) is 0 Å². The van der Waals surface area contributed by atoms with Crippen molar-refractivity contribution < 1.29 is 9.53 Å². The van der Waals surface area contributed by atoms with Crippen LogP contribution in [0.4, 0.5) is 0 Å². The van der Waals surface area contributed by atoms with Crippen LogP contribution in [-0.4, -0.2) is 12.6 Å². The first kappa shape index (κ1) is 8.75. The Labute approximate surface area is 85.0 Å². The largest absolute Gasteiger partial charge is 0.465 e. The molecule has 1 aliphatic heterocycles. The van der Waals surface area contributed by atoms with E-state index in [2.05, 4.69) is 6.92 Å². The van der Waals surface area contributed by atoms with Gasteiger partial charge in [-0.05, 0) is 37.0 Å². The molecular weight excluding hydrogens is 176 g/mol. The number of cyclic esters (lactones) is 1. The lowest BCUT2D eigenvalue weighted by Crippen LogP contribution is -2.46. The summed E-state index contributed by atoms with van der Waals surface area (Å²) in [5.41, 5.74) is 0.262. The maximum Gasteiger partial charge on any atom is 0.306 e. The number of rotatable bonds is 0. The summed E-state index contributed by atoms with van der Waals surface area (Å²) in [5, 5.41) is 0. The van der Waals surface area contributed by atoms with E-state index in [0.29, 0.717) is 6.42 Å². The molecule has 14 heavy (non-hydrogen) atoms. The molecule has 1 heterocycles. The molecule has 2 bridgehead atoms. The molecule has 0 aromatic heterocycles. The monoisotopic (exact) mass is 194 g/mol. The smallest absolute Gasteiger partial charge is 0.306 e. The molecule has 0 radical (unpaired) electrons. The lowest BCUT2D eigenvalue weighted by molar-refractivity contribution is -0.137. The van der Waals surface area contributed by atoms with Gasteiger partial charge in [0.05, 0.1) is 13.0 Å². The minimum atomic E-state index is 0.0461. The summed E-state index contributed by atoms with van der Waals surface area (Å²) in [7, 11) is 0. The Morgan fingerprint density at radius 1 is 1.43 bits per heavy atom. The number of hydrogen-bond acceptors (Lipinski definition) is 2. The summed E-state index contributed by atoms with van der Waals surface area (Å²) in [5.74, 6) is 2.50. The van der Waals surface area contributed by atoms with Gasteiger partial charge in [-0.1, -0.05) is 13.3 Å². The zero-order chi connectivity index (χ0) is 9.76. The highest BCUT2D eigenvalue weighted by Gasteiger charge is 2.54. The second kappa shape index (κ2) is 2.74. The second-order valence-electron chi connectivity index (χ2n) is 5.67. The molecule has 4 fully saturated rings. The molecule has 1 saturated heterocycles. The second-order valence-corrected chi connectivity index (χ2v) is 5.67. The third-order valence-corrected chi connectivity index (χ3v) is 4.78. The molecule has 3 saturated carbocycles. The molecule has 1 spiro atoms. The van der Waals surface area contributed by atoms with E-state index in [0.717, 1.165) is 24.4 Å². The van der Waals surface area contributed by atoms with E-state index in [-0.39, 0.29) is 11.4 Å². The summed E-state index contributed by atoms with van der Waals surface area (Å²) in [6.07, 6.45) is 6.08. The van der Waals surface area contributed by atoms with E-state index < -0.39 is 0 Å². The van der Waals surface area contributed by atoms with Crippen LogP contribution < -0.4 is 0 Å². The molecule has 2 heteroatoms. The molecule has 4 atom stereocenters. The van der Waals surface area contributed by atoms with E-state index in [1.54, 1.807) is 0 Å². The van der Waals surface area contributed by atoms with Gasteiger partial charge in [-0.2, -0.15) is 0 Å². The van der Waals surface area contributed by atoms with E-state index in [4.69, 9.17) is 4.74 Å². The minimum absolute atomic E-state index is 0.0461. The van der Waals surface area contributed by atoms with Crippen molar-refractivity contribution in [3.8, 4) is 0 Å². The van der Waals surface area contributed by atoms with Crippen LogP contribution in [0, 0.1) is 23.2 Å². The standard InChI is InChI=1S/C12H18O2/c1-8-4-9-2-3-10(8)12(5-9)6-11(13)14-7-12/h8-10H,2-7H2,1H3/t8-,9?,10?,12?/m0/s1. The van der Waals surface area contributed by atoms with Crippen molar-refractivity contribution in [3.05, 3.63) is 0 Å². The highest BCUT2D eigenvalue weighted by Crippen LogP contribution is 2.58. The summed E-state index contributed by atoms with van der Waals surface area (Å²) < 4.78 is 5.21. The molecule has 0 aromatic carbocycles. The Morgan fingerprint density at radius 3 is 2.86 bits per heavy atom. The summed E-state index contributed by atoms with van der Waals surface area (Å²) in [6, 6.07) is 0. The fraction of sp³-hybridized carbons (Fsp3) is 0.917. The summed E-state index contributed by atoms with van der Waals surface area (Å²) in [4.78, 5) is 11.3. The van der Waals surface area contributed by atoms with Crippen molar-refractivity contribution in [1.82, 2.24) is 0 Å². The zero-order valence-electron chi connectivity index (χ0n) is 8.79. The molecule has 2 nitrogen and oxygen atoms in total. The quantitative estimate of drug-likeness (QED) is 0.553. The lowest BCUT2D eigenvalue weighted by atomic mass is 9.52. The van der Waals surface area contributed by atoms with Crippen molar-refractivity contribution in [2.24, 2.45) is 23.2 Å². The van der Waals surface area contributed by atoms with Crippen LogP contribution in [0.15, 0.2) is 0 Å². The van der Waals surface area contributed by atoms with Crippen LogP contribution in [0.5, 0.6) is 0 Å². The van der Waals surface area contributed by atoms with E-state index >= 15 is 0 Å². The van der Waals surface area contributed by atoms with Crippen molar-refractivity contribution in [2.45, 2.75) is 39.0 Å². The van der Waals surface area contributed by atoms with Gasteiger partial charge in [-0.15, -0.1) is 0 Å². The van der Waals surface area contributed by atoms with Crippen LogP contribution in [-0.2, 0) is 9.53 Å². The fourth-order valence-corrected chi connectivity index (χ4v) is 4.31. The Bertz CT molecular complexity index is 273. The normalized spacial score (nSPS) is 51.2. The Kier molecular flexibility index (Phi) is 1.71. The van der Waals surface area contributed by atoms with Gasteiger partial charge in [0.2, 0.25) is 0 Å². The maximum absolute atomic E-state index is 11.3. The average Bonchev–Trinajstić information content (AvgIpc) is 2.47. The van der Waals surface area contributed by atoms with Crippen LogP contribution in [0.25, 0.3) is 0 Å². The Hall–Kier alpha value is -0.530. The number of esters is 1.